The number of hydrogen-bond donors (Lipinski definition) is 2. The molecule has 0 aliphatic rings. The van der Waals surface area contributed by atoms with E-state index in [0.717, 1.165) is 0 Å². The highest BCUT2D eigenvalue weighted by Gasteiger charge is 2.09. The van der Waals surface area contributed by atoms with Crippen molar-refractivity contribution in [3.05, 3.63) is 12.2 Å². The van der Waals surface area contributed by atoms with Gasteiger partial charge in [-0.2, -0.15) is 0 Å². The van der Waals surface area contributed by atoms with Crippen molar-refractivity contribution in [2.24, 2.45) is 11.5 Å². The minimum Gasteiger partial charge on any atom is -0.327 e. The lowest BCUT2D eigenvalue weighted by Gasteiger charge is -2.01. The van der Waals surface area contributed by atoms with E-state index in [-0.39, 0.29) is 6.54 Å². The van der Waals surface area contributed by atoms with Gasteiger partial charge >= 0.3 is 0 Å². The number of hydrogen-bond acceptors (Lipinski definition) is 2. The van der Waals surface area contributed by atoms with Gasteiger partial charge in [0.1, 0.15) is 0 Å². The zero-order valence-corrected chi connectivity index (χ0v) is 4.93. The van der Waals surface area contributed by atoms with E-state index < -0.39 is 12.5 Å². The third-order valence-electron chi connectivity index (χ3n) is 0.785. The van der Waals surface area contributed by atoms with Crippen LogP contribution in [0.1, 0.15) is 0 Å². The van der Waals surface area contributed by atoms with Crippen LogP contribution in [0.25, 0.3) is 0 Å². The fourth-order valence-corrected chi connectivity index (χ4v) is 0.320. The molecule has 4 heteroatoms. The van der Waals surface area contributed by atoms with Crippen molar-refractivity contribution in [2.45, 2.75) is 12.5 Å². The highest BCUT2D eigenvalue weighted by Crippen LogP contribution is 1.97. The topological polar surface area (TPSA) is 52.0 Å². The molecule has 2 nitrogen and oxygen atoms in total. The van der Waals surface area contributed by atoms with Crippen molar-refractivity contribution < 1.29 is 8.78 Å². The molecule has 0 aromatic rings. The molecule has 0 rings (SSSR count). The Hall–Kier alpha value is -0.480. The zero-order chi connectivity index (χ0) is 7.28. The molecule has 0 aliphatic heterocycles. The molecule has 0 aromatic carbocycles. The average Bonchev–Trinajstić information content (AvgIpc) is 1.82. The van der Waals surface area contributed by atoms with E-state index >= 15 is 0 Å². The van der Waals surface area contributed by atoms with Crippen LogP contribution in [0, 0.1) is 0 Å². The van der Waals surface area contributed by atoms with Gasteiger partial charge in [-0.1, -0.05) is 12.2 Å². The van der Waals surface area contributed by atoms with Crippen LogP contribution >= 0.6 is 0 Å². The molecule has 0 amide bonds. The van der Waals surface area contributed by atoms with Crippen molar-refractivity contribution >= 4 is 0 Å². The Labute approximate surface area is 52.5 Å². The lowest BCUT2D eigenvalue weighted by atomic mass is 10.3. The molecule has 4 N–H and O–H groups in total. The molecule has 54 valence electrons. The predicted molar refractivity (Wildman–Crippen MR) is 32.2 cm³/mol. The quantitative estimate of drug-likeness (QED) is 0.540. The zero-order valence-electron chi connectivity index (χ0n) is 4.93. The van der Waals surface area contributed by atoms with Crippen molar-refractivity contribution in [1.82, 2.24) is 0 Å². The Morgan fingerprint density at radius 2 is 2.00 bits per heavy atom. The number of nitrogens with two attached hydrogens (primary N) is 2. The van der Waals surface area contributed by atoms with Crippen molar-refractivity contribution in [2.75, 3.05) is 6.54 Å². The number of rotatable bonds is 3. The van der Waals surface area contributed by atoms with Gasteiger partial charge < -0.3 is 11.5 Å². The van der Waals surface area contributed by atoms with Gasteiger partial charge in [0.2, 0.25) is 0 Å². The highest BCUT2D eigenvalue weighted by molar-refractivity contribution is 4.93. The minimum atomic E-state index is -2.49. The van der Waals surface area contributed by atoms with E-state index in [1.807, 2.05) is 0 Å². The van der Waals surface area contributed by atoms with Crippen molar-refractivity contribution in [3.63, 3.8) is 0 Å². The average molecular weight is 136 g/mol. The van der Waals surface area contributed by atoms with Gasteiger partial charge in [0.25, 0.3) is 6.43 Å². The molecular weight excluding hydrogens is 126 g/mol. The molecule has 0 bridgehead atoms. The molecular formula is C5H10F2N2. The summed E-state index contributed by atoms with van der Waals surface area (Å²) >= 11 is 0. The van der Waals surface area contributed by atoms with Gasteiger partial charge in [-0.25, -0.2) is 8.78 Å². The summed E-state index contributed by atoms with van der Waals surface area (Å²) in [5, 5.41) is 0. The molecule has 0 fully saturated rings. The first-order valence-electron chi connectivity index (χ1n) is 2.59. The van der Waals surface area contributed by atoms with E-state index in [1.165, 1.54) is 12.2 Å². The summed E-state index contributed by atoms with van der Waals surface area (Å²) in [6, 6.07) is -1.17. The van der Waals surface area contributed by atoms with Crippen LogP contribution in [0.15, 0.2) is 12.2 Å². The van der Waals surface area contributed by atoms with Crippen LogP contribution in [0.4, 0.5) is 8.78 Å². The third-order valence-corrected chi connectivity index (χ3v) is 0.785. The second-order valence-corrected chi connectivity index (χ2v) is 1.58. The summed E-state index contributed by atoms with van der Waals surface area (Å²) in [6.45, 7) is 0.250. The first kappa shape index (κ1) is 8.52. The summed E-state index contributed by atoms with van der Waals surface area (Å²) in [4.78, 5) is 0. The Morgan fingerprint density at radius 3 is 2.33 bits per heavy atom. The Balaban J connectivity index is 3.48. The molecule has 0 heterocycles. The van der Waals surface area contributed by atoms with Crippen LogP contribution in [0.3, 0.4) is 0 Å². The largest absolute Gasteiger partial charge is 0.327 e. The van der Waals surface area contributed by atoms with Crippen LogP contribution in [0.5, 0.6) is 0 Å². The molecule has 0 radical (unpaired) electrons. The Bertz CT molecular complexity index is 93.0. The van der Waals surface area contributed by atoms with E-state index in [1.54, 1.807) is 0 Å². The monoisotopic (exact) mass is 136 g/mol. The van der Waals surface area contributed by atoms with Crippen LogP contribution in [-0.2, 0) is 0 Å². The lowest BCUT2D eigenvalue weighted by Crippen LogP contribution is -2.26. The fraction of sp³-hybridized carbons (Fsp3) is 0.600. The van der Waals surface area contributed by atoms with Gasteiger partial charge in [-0.15, -0.1) is 0 Å². The standard InChI is InChI=1S/C5H10F2N2/c6-5(7)4(9)2-1-3-8/h1-2,4-5H,3,8-9H2/b2-1+. The summed E-state index contributed by atoms with van der Waals surface area (Å²) in [5.74, 6) is 0. The van der Waals surface area contributed by atoms with E-state index in [2.05, 4.69) is 0 Å². The third kappa shape index (κ3) is 4.05. The summed E-state index contributed by atoms with van der Waals surface area (Å²) in [6.07, 6.45) is 0.120. The SMILES string of the molecule is NC/C=C/C(N)C(F)F. The number of alkyl halides is 2. The summed E-state index contributed by atoms with van der Waals surface area (Å²) in [7, 11) is 0. The van der Waals surface area contributed by atoms with Gasteiger partial charge in [-0.3, -0.25) is 0 Å². The first-order chi connectivity index (χ1) is 4.18. The first-order valence-corrected chi connectivity index (χ1v) is 2.59. The molecule has 0 spiro atoms. The molecule has 1 atom stereocenters. The van der Waals surface area contributed by atoms with Gasteiger partial charge in [0.05, 0.1) is 6.04 Å². The molecule has 9 heavy (non-hydrogen) atoms. The van der Waals surface area contributed by atoms with Crippen LogP contribution in [0.2, 0.25) is 0 Å². The van der Waals surface area contributed by atoms with E-state index in [0.29, 0.717) is 0 Å². The van der Waals surface area contributed by atoms with Crippen LogP contribution < -0.4 is 11.5 Å². The van der Waals surface area contributed by atoms with Crippen molar-refractivity contribution in [1.29, 1.82) is 0 Å². The highest BCUT2D eigenvalue weighted by atomic mass is 19.3. The molecule has 0 aromatic heterocycles. The fourth-order valence-electron chi connectivity index (χ4n) is 0.320. The van der Waals surface area contributed by atoms with E-state index in [4.69, 9.17) is 11.5 Å². The van der Waals surface area contributed by atoms with Crippen LogP contribution in [-0.4, -0.2) is 19.0 Å². The van der Waals surface area contributed by atoms with Gasteiger partial charge in [-0.05, 0) is 0 Å². The molecule has 0 aliphatic carbocycles. The lowest BCUT2D eigenvalue weighted by molar-refractivity contribution is 0.133. The molecule has 1 unspecified atom stereocenters. The minimum absolute atomic E-state index is 0.250. The maximum absolute atomic E-state index is 11.5. The Kier molecular flexibility index (Phi) is 4.17. The predicted octanol–water partition coefficient (Wildman–Crippen LogP) is 0.0937. The summed E-state index contributed by atoms with van der Waals surface area (Å²) < 4.78 is 23.1. The molecule has 0 saturated heterocycles. The smallest absolute Gasteiger partial charge is 0.256 e. The number of halogens is 2. The van der Waals surface area contributed by atoms with Gasteiger partial charge in [0.15, 0.2) is 0 Å². The normalized spacial score (nSPS) is 15.2. The maximum Gasteiger partial charge on any atom is 0.256 e. The van der Waals surface area contributed by atoms with E-state index in [9.17, 15) is 8.78 Å². The molecule has 0 saturated carbocycles. The van der Waals surface area contributed by atoms with Crippen molar-refractivity contribution in [3.8, 4) is 0 Å². The summed E-state index contributed by atoms with van der Waals surface area (Å²) in [5.41, 5.74) is 9.90. The second kappa shape index (κ2) is 4.40. The maximum atomic E-state index is 11.5. The van der Waals surface area contributed by atoms with Gasteiger partial charge in [0, 0.05) is 6.54 Å². The Morgan fingerprint density at radius 1 is 1.44 bits per heavy atom. The second-order valence-electron chi connectivity index (χ2n) is 1.58.